The quantitative estimate of drug-likeness (QED) is 0.574. The summed E-state index contributed by atoms with van der Waals surface area (Å²) in [4.78, 5) is 30.4. The maximum Gasteiger partial charge on any atom is 0.197 e. The van der Waals surface area contributed by atoms with Crippen LogP contribution in [-0.4, -0.2) is 28.1 Å². The van der Waals surface area contributed by atoms with E-state index in [2.05, 4.69) is 16.5 Å². The van der Waals surface area contributed by atoms with E-state index in [1.165, 1.54) is 19.9 Å². The van der Waals surface area contributed by atoms with E-state index in [0.29, 0.717) is 18.1 Å². The summed E-state index contributed by atoms with van der Waals surface area (Å²) < 4.78 is 5.19. The SMILES string of the molecule is C=C(OCC)c1cc(C(C)=O)nc(C(C)=O)n1. The molecule has 0 amide bonds. The highest BCUT2D eigenvalue weighted by molar-refractivity contribution is 5.95. The van der Waals surface area contributed by atoms with Crippen LogP contribution in [0.3, 0.4) is 0 Å². The average Bonchev–Trinajstić information content (AvgIpc) is 2.28. The van der Waals surface area contributed by atoms with Crippen LogP contribution in [0.5, 0.6) is 0 Å². The molecule has 5 heteroatoms. The number of nitrogens with zero attached hydrogens (tertiary/aromatic N) is 2. The molecule has 0 saturated carbocycles. The molecule has 0 radical (unpaired) electrons. The van der Waals surface area contributed by atoms with Gasteiger partial charge in [0.15, 0.2) is 17.4 Å². The standard InChI is InChI=1S/C12H14N2O3/c1-5-17-9(4)11-6-10(7(2)15)13-12(14-11)8(3)16/h6H,4-5H2,1-3H3. The topological polar surface area (TPSA) is 69.2 Å². The lowest BCUT2D eigenvalue weighted by atomic mass is 10.2. The van der Waals surface area contributed by atoms with Gasteiger partial charge in [-0.15, -0.1) is 0 Å². The Morgan fingerprint density at radius 3 is 2.29 bits per heavy atom. The van der Waals surface area contributed by atoms with Crippen LogP contribution in [0.4, 0.5) is 0 Å². The van der Waals surface area contributed by atoms with Gasteiger partial charge in [-0.25, -0.2) is 9.97 Å². The lowest BCUT2D eigenvalue weighted by molar-refractivity contribution is 0.100. The number of ether oxygens (including phenoxy) is 1. The van der Waals surface area contributed by atoms with Gasteiger partial charge in [0.25, 0.3) is 0 Å². The van der Waals surface area contributed by atoms with E-state index in [1.54, 1.807) is 0 Å². The summed E-state index contributed by atoms with van der Waals surface area (Å²) >= 11 is 0. The van der Waals surface area contributed by atoms with Crippen molar-refractivity contribution in [1.82, 2.24) is 9.97 Å². The molecule has 0 fully saturated rings. The van der Waals surface area contributed by atoms with E-state index in [-0.39, 0.29) is 23.1 Å². The van der Waals surface area contributed by atoms with Gasteiger partial charge in [0, 0.05) is 13.8 Å². The second kappa shape index (κ2) is 5.34. The Bertz CT molecular complexity index is 448. The normalized spacial score (nSPS) is 9.82. The van der Waals surface area contributed by atoms with Gasteiger partial charge in [0.05, 0.1) is 6.61 Å². The molecule has 1 aromatic rings. The minimum atomic E-state index is -0.307. The van der Waals surface area contributed by atoms with Gasteiger partial charge >= 0.3 is 0 Å². The highest BCUT2D eigenvalue weighted by atomic mass is 16.5. The van der Waals surface area contributed by atoms with Crippen molar-refractivity contribution in [3.8, 4) is 0 Å². The number of aromatic nitrogens is 2. The van der Waals surface area contributed by atoms with Crippen molar-refractivity contribution < 1.29 is 14.3 Å². The van der Waals surface area contributed by atoms with Crippen LogP contribution >= 0.6 is 0 Å². The zero-order valence-corrected chi connectivity index (χ0v) is 10.1. The first kappa shape index (κ1) is 13.0. The molecule has 0 N–H and O–H groups in total. The molecule has 0 aliphatic heterocycles. The number of rotatable bonds is 5. The second-order valence-electron chi connectivity index (χ2n) is 3.43. The molecule has 1 aromatic heterocycles. The van der Waals surface area contributed by atoms with Gasteiger partial charge in [-0.1, -0.05) is 6.58 Å². The summed E-state index contributed by atoms with van der Waals surface area (Å²) in [6.45, 7) is 8.64. The first-order chi connectivity index (χ1) is 7.95. The maximum atomic E-state index is 11.3. The van der Waals surface area contributed by atoms with Crippen LogP contribution in [-0.2, 0) is 4.74 Å². The first-order valence-electron chi connectivity index (χ1n) is 5.18. The van der Waals surface area contributed by atoms with E-state index in [0.717, 1.165) is 0 Å². The number of ketones is 2. The van der Waals surface area contributed by atoms with E-state index in [4.69, 9.17) is 4.74 Å². The Balaban J connectivity index is 3.26. The van der Waals surface area contributed by atoms with E-state index >= 15 is 0 Å². The summed E-state index contributed by atoms with van der Waals surface area (Å²) in [5.41, 5.74) is 0.540. The molecular formula is C12H14N2O3. The van der Waals surface area contributed by atoms with Gasteiger partial charge in [-0.05, 0) is 13.0 Å². The molecule has 1 rings (SSSR count). The van der Waals surface area contributed by atoms with Crippen LogP contribution in [0, 0.1) is 0 Å². The summed E-state index contributed by atoms with van der Waals surface area (Å²) in [6.07, 6.45) is 0. The van der Waals surface area contributed by atoms with E-state index in [9.17, 15) is 9.59 Å². The van der Waals surface area contributed by atoms with Crippen molar-refractivity contribution in [2.45, 2.75) is 20.8 Å². The molecular weight excluding hydrogens is 220 g/mol. The van der Waals surface area contributed by atoms with Crippen LogP contribution < -0.4 is 0 Å². The Labute approximate surface area is 99.5 Å². The number of Topliss-reactive ketones (excluding diaryl/α,β-unsaturated/α-hetero) is 2. The zero-order valence-electron chi connectivity index (χ0n) is 10.1. The molecule has 5 nitrogen and oxygen atoms in total. The molecule has 0 atom stereocenters. The second-order valence-corrected chi connectivity index (χ2v) is 3.43. The molecule has 0 bridgehead atoms. The minimum Gasteiger partial charge on any atom is -0.492 e. The highest BCUT2D eigenvalue weighted by Gasteiger charge is 2.13. The monoisotopic (exact) mass is 234 g/mol. The number of carbonyl (C=O) groups excluding carboxylic acids is 2. The fourth-order valence-corrected chi connectivity index (χ4v) is 1.18. The largest absolute Gasteiger partial charge is 0.492 e. The van der Waals surface area contributed by atoms with Crippen LogP contribution in [0.1, 0.15) is 47.6 Å². The van der Waals surface area contributed by atoms with Crippen molar-refractivity contribution in [2.75, 3.05) is 6.61 Å². The Morgan fingerprint density at radius 2 is 1.82 bits per heavy atom. The average molecular weight is 234 g/mol. The third-order valence-corrected chi connectivity index (χ3v) is 2.01. The van der Waals surface area contributed by atoms with Crippen molar-refractivity contribution >= 4 is 17.3 Å². The highest BCUT2D eigenvalue weighted by Crippen LogP contribution is 2.13. The minimum absolute atomic E-state index is 0.00597. The summed E-state index contributed by atoms with van der Waals surface area (Å²) in [7, 11) is 0. The molecule has 17 heavy (non-hydrogen) atoms. The number of hydrogen-bond acceptors (Lipinski definition) is 5. The smallest absolute Gasteiger partial charge is 0.197 e. The first-order valence-corrected chi connectivity index (χ1v) is 5.18. The Morgan fingerprint density at radius 1 is 1.24 bits per heavy atom. The van der Waals surface area contributed by atoms with Gasteiger partial charge in [-0.2, -0.15) is 0 Å². The van der Waals surface area contributed by atoms with Crippen LogP contribution in [0.15, 0.2) is 12.6 Å². The van der Waals surface area contributed by atoms with Crippen molar-refractivity contribution in [1.29, 1.82) is 0 Å². The molecule has 90 valence electrons. The van der Waals surface area contributed by atoms with Crippen molar-refractivity contribution in [2.24, 2.45) is 0 Å². The predicted molar refractivity (Wildman–Crippen MR) is 62.7 cm³/mol. The Kier molecular flexibility index (Phi) is 4.09. The van der Waals surface area contributed by atoms with Crippen LogP contribution in [0.2, 0.25) is 0 Å². The van der Waals surface area contributed by atoms with Gasteiger partial charge in [0.2, 0.25) is 0 Å². The molecule has 1 heterocycles. The fourth-order valence-electron chi connectivity index (χ4n) is 1.18. The van der Waals surface area contributed by atoms with Gasteiger partial charge < -0.3 is 4.74 Å². The van der Waals surface area contributed by atoms with Gasteiger partial charge in [-0.3, -0.25) is 9.59 Å². The Hall–Kier alpha value is -2.04. The lowest BCUT2D eigenvalue weighted by Gasteiger charge is -2.08. The maximum absolute atomic E-state index is 11.3. The van der Waals surface area contributed by atoms with Crippen molar-refractivity contribution in [3.05, 3.63) is 29.9 Å². The molecule has 0 aliphatic rings. The van der Waals surface area contributed by atoms with E-state index < -0.39 is 0 Å². The molecule has 0 aliphatic carbocycles. The van der Waals surface area contributed by atoms with Crippen LogP contribution in [0.25, 0.3) is 5.76 Å². The molecule has 0 spiro atoms. The summed E-state index contributed by atoms with van der Waals surface area (Å²) in [6, 6.07) is 1.47. The summed E-state index contributed by atoms with van der Waals surface area (Å²) in [5.74, 6) is -0.229. The molecule has 0 unspecified atom stereocenters. The lowest BCUT2D eigenvalue weighted by Crippen LogP contribution is -2.10. The predicted octanol–water partition coefficient (Wildman–Crippen LogP) is 1.89. The van der Waals surface area contributed by atoms with Crippen molar-refractivity contribution in [3.63, 3.8) is 0 Å². The number of hydrogen-bond donors (Lipinski definition) is 0. The van der Waals surface area contributed by atoms with E-state index in [1.807, 2.05) is 6.92 Å². The zero-order chi connectivity index (χ0) is 13.0. The van der Waals surface area contributed by atoms with Gasteiger partial charge in [0.1, 0.15) is 17.1 Å². The molecule has 0 saturated heterocycles. The fraction of sp³-hybridized carbons (Fsp3) is 0.333. The summed E-state index contributed by atoms with van der Waals surface area (Å²) in [5, 5.41) is 0. The number of carbonyl (C=O) groups is 2. The third kappa shape index (κ3) is 3.21. The molecule has 0 aromatic carbocycles. The third-order valence-electron chi connectivity index (χ3n) is 2.01.